The van der Waals surface area contributed by atoms with Crippen LogP contribution in [0.2, 0.25) is 0 Å². The van der Waals surface area contributed by atoms with E-state index in [0.717, 1.165) is 38.1 Å². The van der Waals surface area contributed by atoms with Crippen molar-refractivity contribution in [2.75, 3.05) is 27.2 Å². The second-order valence-corrected chi connectivity index (χ2v) is 5.41. The van der Waals surface area contributed by atoms with Crippen molar-refractivity contribution < 1.29 is 4.74 Å². The van der Waals surface area contributed by atoms with Gasteiger partial charge in [-0.3, -0.25) is 0 Å². The van der Waals surface area contributed by atoms with E-state index in [1.807, 2.05) is 7.05 Å². The number of hydrogen-bond donors (Lipinski definition) is 1. The summed E-state index contributed by atoms with van der Waals surface area (Å²) < 4.78 is 6.25. The molecule has 0 aliphatic carbocycles. The summed E-state index contributed by atoms with van der Waals surface area (Å²) in [6, 6.07) is 8.82. The van der Waals surface area contributed by atoms with Crippen LogP contribution in [0.3, 0.4) is 0 Å². The van der Waals surface area contributed by atoms with Gasteiger partial charge in [0.2, 0.25) is 0 Å². The first kappa shape index (κ1) is 14.4. The molecule has 1 aliphatic rings. The maximum Gasteiger partial charge on any atom is 0.124 e. The van der Waals surface area contributed by atoms with Gasteiger partial charge in [-0.25, -0.2) is 0 Å². The molecule has 1 heterocycles. The normalized spacial score (nSPS) is 19.3. The molecule has 1 fully saturated rings. The molecule has 0 bridgehead atoms. The van der Waals surface area contributed by atoms with Gasteiger partial charge in [0.15, 0.2) is 0 Å². The summed E-state index contributed by atoms with van der Waals surface area (Å²) in [5.41, 5.74) is 1.28. The molecule has 1 aromatic rings. The minimum atomic E-state index is 0.367. The van der Waals surface area contributed by atoms with Gasteiger partial charge in [0.25, 0.3) is 0 Å². The zero-order valence-electron chi connectivity index (χ0n) is 12.4. The van der Waals surface area contributed by atoms with E-state index in [0.29, 0.717) is 12.1 Å². The highest BCUT2D eigenvalue weighted by molar-refractivity contribution is 5.36. The van der Waals surface area contributed by atoms with Crippen LogP contribution in [0.1, 0.15) is 37.8 Å². The van der Waals surface area contributed by atoms with Crippen LogP contribution in [-0.4, -0.2) is 38.2 Å². The van der Waals surface area contributed by atoms with Gasteiger partial charge in [-0.15, -0.1) is 0 Å². The molecule has 0 aromatic heterocycles. The number of rotatable bonds is 5. The van der Waals surface area contributed by atoms with Gasteiger partial charge in [-0.05, 0) is 39.4 Å². The van der Waals surface area contributed by atoms with Crippen molar-refractivity contribution in [3.63, 3.8) is 0 Å². The fourth-order valence-electron chi connectivity index (χ4n) is 2.74. The summed E-state index contributed by atoms with van der Waals surface area (Å²) in [6.07, 6.45) is 3.69. The molecule has 2 rings (SSSR count). The molecule has 3 nitrogen and oxygen atoms in total. The Morgan fingerprint density at radius 3 is 2.63 bits per heavy atom. The molecule has 0 spiro atoms. The van der Waals surface area contributed by atoms with Crippen LogP contribution in [0.25, 0.3) is 0 Å². The van der Waals surface area contributed by atoms with Gasteiger partial charge < -0.3 is 15.0 Å². The number of piperidine rings is 1. The Labute approximate surface area is 116 Å². The highest BCUT2D eigenvalue weighted by Gasteiger charge is 2.20. The Morgan fingerprint density at radius 1 is 1.32 bits per heavy atom. The van der Waals surface area contributed by atoms with Crippen molar-refractivity contribution in [1.82, 2.24) is 10.2 Å². The standard InChI is InChI=1S/C16H26N2O/c1-4-15(17-2)14-7-5-6-8-16(14)19-13-9-11-18(3)12-10-13/h5-8,13,15,17H,4,9-12H2,1-3H3. The molecule has 0 radical (unpaired) electrons. The summed E-state index contributed by atoms with van der Waals surface area (Å²) >= 11 is 0. The van der Waals surface area contributed by atoms with Crippen molar-refractivity contribution in [2.24, 2.45) is 0 Å². The quantitative estimate of drug-likeness (QED) is 0.883. The van der Waals surface area contributed by atoms with Gasteiger partial charge in [0.1, 0.15) is 11.9 Å². The Morgan fingerprint density at radius 2 is 2.00 bits per heavy atom. The number of hydrogen-bond acceptors (Lipinski definition) is 3. The van der Waals surface area contributed by atoms with Gasteiger partial charge >= 0.3 is 0 Å². The van der Waals surface area contributed by atoms with Crippen molar-refractivity contribution in [2.45, 2.75) is 38.3 Å². The molecule has 0 saturated carbocycles. The van der Waals surface area contributed by atoms with Crippen molar-refractivity contribution in [3.8, 4) is 5.75 Å². The largest absolute Gasteiger partial charge is 0.490 e. The predicted molar refractivity (Wildman–Crippen MR) is 79.7 cm³/mol. The van der Waals surface area contributed by atoms with Crippen molar-refractivity contribution in [1.29, 1.82) is 0 Å². The monoisotopic (exact) mass is 262 g/mol. The van der Waals surface area contributed by atoms with Gasteiger partial charge in [0.05, 0.1) is 0 Å². The molecular formula is C16H26N2O. The van der Waals surface area contributed by atoms with Crippen molar-refractivity contribution >= 4 is 0 Å². The van der Waals surface area contributed by atoms with Crippen LogP contribution in [-0.2, 0) is 0 Å². The molecule has 106 valence electrons. The zero-order valence-corrected chi connectivity index (χ0v) is 12.4. The topological polar surface area (TPSA) is 24.5 Å². The number of nitrogens with one attached hydrogen (secondary N) is 1. The van der Waals surface area contributed by atoms with E-state index in [1.165, 1.54) is 5.56 Å². The molecule has 1 saturated heterocycles. The fraction of sp³-hybridized carbons (Fsp3) is 0.625. The molecule has 1 aromatic carbocycles. The average molecular weight is 262 g/mol. The van der Waals surface area contributed by atoms with Crippen molar-refractivity contribution in [3.05, 3.63) is 29.8 Å². The highest BCUT2D eigenvalue weighted by Crippen LogP contribution is 2.29. The smallest absolute Gasteiger partial charge is 0.124 e. The third-order valence-corrected chi connectivity index (χ3v) is 4.01. The second kappa shape index (κ2) is 6.92. The molecule has 1 N–H and O–H groups in total. The molecule has 3 heteroatoms. The number of para-hydroxylation sites is 1. The average Bonchev–Trinajstić information content (AvgIpc) is 2.44. The van der Waals surface area contributed by atoms with E-state index >= 15 is 0 Å². The Kier molecular flexibility index (Phi) is 5.23. The van der Waals surface area contributed by atoms with Crippen LogP contribution in [0.15, 0.2) is 24.3 Å². The van der Waals surface area contributed by atoms with Gasteiger partial charge in [-0.1, -0.05) is 25.1 Å². The van der Waals surface area contributed by atoms with Crippen LogP contribution in [0, 0.1) is 0 Å². The molecule has 19 heavy (non-hydrogen) atoms. The summed E-state index contributed by atoms with van der Waals surface area (Å²) in [5, 5.41) is 3.36. The number of nitrogens with zero attached hydrogens (tertiary/aromatic N) is 1. The Balaban J connectivity index is 2.07. The third kappa shape index (κ3) is 3.71. The number of benzene rings is 1. The van der Waals surface area contributed by atoms with Crippen LogP contribution < -0.4 is 10.1 Å². The maximum atomic E-state index is 6.25. The second-order valence-electron chi connectivity index (χ2n) is 5.41. The zero-order chi connectivity index (χ0) is 13.7. The third-order valence-electron chi connectivity index (χ3n) is 4.01. The Bertz CT molecular complexity index is 382. The minimum absolute atomic E-state index is 0.367. The van der Waals surface area contributed by atoms with Gasteiger partial charge in [-0.2, -0.15) is 0 Å². The minimum Gasteiger partial charge on any atom is -0.490 e. The molecule has 1 atom stereocenters. The highest BCUT2D eigenvalue weighted by atomic mass is 16.5. The van der Waals surface area contributed by atoms with E-state index in [2.05, 4.69) is 48.5 Å². The summed E-state index contributed by atoms with van der Waals surface area (Å²) in [5.74, 6) is 1.05. The molecule has 1 aliphatic heterocycles. The van der Waals surface area contributed by atoms with Crippen LogP contribution in [0.5, 0.6) is 5.75 Å². The summed E-state index contributed by atoms with van der Waals surface area (Å²) in [7, 11) is 4.19. The number of ether oxygens (including phenoxy) is 1. The summed E-state index contributed by atoms with van der Waals surface area (Å²) in [4.78, 5) is 2.37. The summed E-state index contributed by atoms with van der Waals surface area (Å²) in [6.45, 7) is 4.47. The lowest BCUT2D eigenvalue weighted by Gasteiger charge is -2.30. The SMILES string of the molecule is CCC(NC)c1ccccc1OC1CCN(C)CC1. The lowest BCUT2D eigenvalue weighted by atomic mass is 10.0. The first-order chi connectivity index (χ1) is 9.24. The molecule has 1 unspecified atom stereocenters. The lowest BCUT2D eigenvalue weighted by molar-refractivity contribution is 0.112. The molecular weight excluding hydrogens is 236 g/mol. The molecule has 0 amide bonds. The predicted octanol–water partition coefficient (Wildman–Crippen LogP) is 2.83. The van der Waals surface area contributed by atoms with E-state index in [9.17, 15) is 0 Å². The maximum absolute atomic E-state index is 6.25. The lowest BCUT2D eigenvalue weighted by Crippen LogP contribution is -2.36. The van der Waals surface area contributed by atoms with Crippen LogP contribution in [0.4, 0.5) is 0 Å². The van der Waals surface area contributed by atoms with Crippen LogP contribution >= 0.6 is 0 Å². The van der Waals surface area contributed by atoms with E-state index in [-0.39, 0.29) is 0 Å². The van der Waals surface area contributed by atoms with E-state index in [1.54, 1.807) is 0 Å². The number of likely N-dealkylation sites (tertiary alicyclic amines) is 1. The first-order valence-corrected chi connectivity index (χ1v) is 7.36. The van der Waals surface area contributed by atoms with Gasteiger partial charge in [0, 0.05) is 24.7 Å². The Hall–Kier alpha value is -1.06. The van der Waals surface area contributed by atoms with E-state index < -0.39 is 0 Å². The fourth-order valence-corrected chi connectivity index (χ4v) is 2.74. The first-order valence-electron chi connectivity index (χ1n) is 7.36. The van der Waals surface area contributed by atoms with E-state index in [4.69, 9.17) is 4.74 Å².